The fourth-order valence-electron chi connectivity index (χ4n) is 0.873. The number of alkyl halides is 1. The third-order valence-electron chi connectivity index (χ3n) is 1.49. The molecule has 5 heteroatoms. The Hall–Kier alpha value is -1.60. The van der Waals surface area contributed by atoms with Crippen LogP contribution in [0.1, 0.15) is 17.8 Å². The Morgan fingerprint density at radius 2 is 2.40 bits per heavy atom. The van der Waals surface area contributed by atoms with E-state index in [2.05, 4.69) is 22.0 Å². The first-order valence-electron chi connectivity index (χ1n) is 4.16. The number of halogens is 2. The summed E-state index contributed by atoms with van der Waals surface area (Å²) in [6.07, 6.45) is 1.46. The van der Waals surface area contributed by atoms with Crippen LogP contribution < -0.4 is 0 Å². The Morgan fingerprint density at radius 1 is 1.60 bits per heavy atom. The average molecular weight is 227 g/mol. The van der Waals surface area contributed by atoms with E-state index in [0.29, 0.717) is 18.0 Å². The Morgan fingerprint density at radius 3 is 3.07 bits per heavy atom. The highest BCUT2D eigenvalue weighted by Gasteiger charge is 2.01. The number of hydrogen-bond acceptors (Lipinski definition) is 3. The van der Waals surface area contributed by atoms with Gasteiger partial charge in [-0.15, -0.1) is 11.6 Å². The van der Waals surface area contributed by atoms with Gasteiger partial charge in [0, 0.05) is 12.3 Å². The summed E-state index contributed by atoms with van der Waals surface area (Å²) in [5, 5.41) is 11.0. The van der Waals surface area contributed by atoms with Gasteiger partial charge in [0.05, 0.1) is 6.21 Å². The monoisotopic (exact) mass is 226 g/mol. The highest BCUT2D eigenvalue weighted by molar-refractivity contribution is 6.18. The van der Waals surface area contributed by atoms with E-state index >= 15 is 0 Å². The molecule has 1 rings (SSSR count). The van der Waals surface area contributed by atoms with Gasteiger partial charge in [-0.3, -0.25) is 0 Å². The number of rotatable bonds is 2. The summed E-state index contributed by atoms with van der Waals surface area (Å²) in [5.74, 6) is 5.37. The van der Waals surface area contributed by atoms with Crippen molar-refractivity contribution in [3.63, 3.8) is 0 Å². The van der Waals surface area contributed by atoms with Crippen LogP contribution in [0.4, 0.5) is 4.39 Å². The van der Waals surface area contributed by atoms with Crippen molar-refractivity contribution in [1.82, 2.24) is 4.98 Å². The lowest BCUT2D eigenvalue weighted by molar-refractivity contribution is 0.321. The van der Waals surface area contributed by atoms with Gasteiger partial charge in [0.2, 0.25) is 0 Å². The van der Waals surface area contributed by atoms with Gasteiger partial charge < -0.3 is 5.21 Å². The van der Waals surface area contributed by atoms with Crippen LogP contribution in [-0.2, 0) is 0 Å². The zero-order valence-corrected chi connectivity index (χ0v) is 8.50. The van der Waals surface area contributed by atoms with E-state index in [1.54, 1.807) is 0 Å². The zero-order valence-electron chi connectivity index (χ0n) is 7.74. The van der Waals surface area contributed by atoms with Crippen molar-refractivity contribution in [1.29, 1.82) is 0 Å². The minimum atomic E-state index is -0.560. The van der Waals surface area contributed by atoms with E-state index < -0.39 is 5.82 Å². The van der Waals surface area contributed by atoms with Gasteiger partial charge in [-0.25, -0.2) is 9.37 Å². The van der Waals surface area contributed by atoms with Crippen molar-refractivity contribution in [3.05, 3.63) is 29.3 Å². The summed E-state index contributed by atoms with van der Waals surface area (Å²) in [5.41, 5.74) is 0.367. The lowest BCUT2D eigenvalue weighted by atomic mass is 10.3. The van der Waals surface area contributed by atoms with Crippen molar-refractivity contribution in [3.8, 4) is 11.8 Å². The SMILES string of the molecule is O/N=C/c1nc(C#CCCCl)ccc1F. The molecule has 0 radical (unpaired) electrons. The molecule has 1 aromatic rings. The van der Waals surface area contributed by atoms with E-state index in [1.807, 2.05) is 0 Å². The molecule has 0 spiro atoms. The number of oxime groups is 1. The van der Waals surface area contributed by atoms with Gasteiger partial charge in [-0.2, -0.15) is 0 Å². The summed E-state index contributed by atoms with van der Waals surface area (Å²) in [4.78, 5) is 3.83. The Kier molecular flexibility index (Phi) is 4.58. The molecule has 78 valence electrons. The Labute approximate surface area is 91.6 Å². The zero-order chi connectivity index (χ0) is 11.1. The molecular formula is C10H8ClFN2O. The molecule has 0 fully saturated rings. The van der Waals surface area contributed by atoms with Crippen LogP contribution in [0, 0.1) is 17.7 Å². The van der Waals surface area contributed by atoms with Crippen molar-refractivity contribution in [2.45, 2.75) is 6.42 Å². The van der Waals surface area contributed by atoms with E-state index in [0.717, 1.165) is 6.21 Å². The smallest absolute Gasteiger partial charge is 0.150 e. The number of pyridine rings is 1. The van der Waals surface area contributed by atoms with Crippen LogP contribution in [0.3, 0.4) is 0 Å². The van der Waals surface area contributed by atoms with Gasteiger partial charge >= 0.3 is 0 Å². The molecule has 0 saturated carbocycles. The summed E-state index contributed by atoms with van der Waals surface area (Å²) in [7, 11) is 0. The van der Waals surface area contributed by atoms with Crippen LogP contribution in [-0.4, -0.2) is 22.3 Å². The average Bonchev–Trinajstić information content (AvgIpc) is 2.23. The Bertz CT molecular complexity index is 423. The second-order valence-electron chi connectivity index (χ2n) is 2.55. The summed E-state index contributed by atoms with van der Waals surface area (Å²) in [6, 6.07) is 2.67. The van der Waals surface area contributed by atoms with Gasteiger partial charge in [-0.1, -0.05) is 11.1 Å². The maximum atomic E-state index is 13.0. The molecule has 3 nitrogen and oxygen atoms in total. The van der Waals surface area contributed by atoms with Crippen molar-refractivity contribution in [2.24, 2.45) is 5.16 Å². The molecule has 0 amide bonds. The molecule has 15 heavy (non-hydrogen) atoms. The van der Waals surface area contributed by atoms with Gasteiger partial charge in [0.15, 0.2) is 5.82 Å². The first-order valence-corrected chi connectivity index (χ1v) is 4.70. The molecule has 0 aromatic carbocycles. The molecule has 0 atom stereocenters. The fraction of sp³-hybridized carbons (Fsp3) is 0.200. The van der Waals surface area contributed by atoms with Crippen LogP contribution in [0.2, 0.25) is 0 Å². The maximum absolute atomic E-state index is 13.0. The normalized spacial score (nSPS) is 10.0. The second kappa shape index (κ2) is 5.99. The number of aromatic nitrogens is 1. The molecule has 0 unspecified atom stereocenters. The van der Waals surface area contributed by atoms with Gasteiger partial charge in [0.1, 0.15) is 11.4 Å². The predicted molar refractivity (Wildman–Crippen MR) is 55.8 cm³/mol. The van der Waals surface area contributed by atoms with Crippen LogP contribution in [0.25, 0.3) is 0 Å². The van der Waals surface area contributed by atoms with E-state index in [4.69, 9.17) is 16.8 Å². The molecular weight excluding hydrogens is 219 g/mol. The molecule has 0 aliphatic rings. The quantitative estimate of drug-likeness (QED) is 0.276. The first-order chi connectivity index (χ1) is 7.27. The second-order valence-corrected chi connectivity index (χ2v) is 2.93. The van der Waals surface area contributed by atoms with Crippen LogP contribution in [0.15, 0.2) is 17.3 Å². The summed E-state index contributed by atoms with van der Waals surface area (Å²) < 4.78 is 13.0. The molecule has 0 aliphatic carbocycles. The minimum absolute atomic E-state index is 0.0461. The minimum Gasteiger partial charge on any atom is -0.411 e. The lowest BCUT2D eigenvalue weighted by Gasteiger charge is -1.95. The van der Waals surface area contributed by atoms with Gasteiger partial charge in [0.25, 0.3) is 0 Å². The predicted octanol–water partition coefficient (Wildman–Crippen LogP) is 2.01. The number of hydrogen-bond donors (Lipinski definition) is 1. The Balaban J connectivity index is 2.93. The lowest BCUT2D eigenvalue weighted by Crippen LogP contribution is -1.95. The topological polar surface area (TPSA) is 45.5 Å². The third kappa shape index (κ3) is 3.56. The van der Waals surface area contributed by atoms with E-state index in [9.17, 15) is 4.39 Å². The summed E-state index contributed by atoms with van der Waals surface area (Å²) >= 11 is 5.44. The molecule has 0 bridgehead atoms. The standard InChI is InChI=1S/C10H8ClFN2O/c11-6-2-1-3-8-4-5-9(12)10(14-8)7-13-15/h4-5,7,15H,2,6H2/b13-7+. The highest BCUT2D eigenvalue weighted by atomic mass is 35.5. The largest absolute Gasteiger partial charge is 0.411 e. The summed E-state index contributed by atoms with van der Waals surface area (Å²) in [6.45, 7) is 0. The van der Waals surface area contributed by atoms with Crippen LogP contribution >= 0.6 is 11.6 Å². The van der Waals surface area contributed by atoms with Crippen LogP contribution in [0.5, 0.6) is 0 Å². The highest BCUT2D eigenvalue weighted by Crippen LogP contribution is 2.03. The molecule has 1 heterocycles. The maximum Gasteiger partial charge on any atom is 0.150 e. The van der Waals surface area contributed by atoms with Crippen molar-refractivity contribution < 1.29 is 9.60 Å². The number of nitrogens with zero attached hydrogens (tertiary/aromatic N) is 2. The molecule has 0 saturated heterocycles. The fourth-order valence-corrected chi connectivity index (χ4v) is 0.968. The van der Waals surface area contributed by atoms with Crippen molar-refractivity contribution in [2.75, 3.05) is 5.88 Å². The first kappa shape index (κ1) is 11.5. The molecule has 1 aromatic heterocycles. The van der Waals surface area contributed by atoms with Gasteiger partial charge in [-0.05, 0) is 18.1 Å². The van der Waals surface area contributed by atoms with E-state index in [-0.39, 0.29) is 5.69 Å². The molecule has 1 N–H and O–H groups in total. The third-order valence-corrected chi connectivity index (χ3v) is 1.68. The van der Waals surface area contributed by atoms with E-state index in [1.165, 1.54) is 12.1 Å². The molecule has 0 aliphatic heterocycles. The van der Waals surface area contributed by atoms with Crippen molar-refractivity contribution >= 4 is 17.8 Å².